The number of ether oxygens (including phenoxy) is 2. The molecule has 31 heavy (non-hydrogen) atoms. The van der Waals surface area contributed by atoms with Crippen molar-refractivity contribution < 1.29 is 25.2 Å². The second-order valence-corrected chi connectivity index (χ2v) is 8.18. The normalized spacial score (nSPS) is 15.0. The first-order valence-electron chi connectivity index (χ1n) is 10.8. The molecule has 2 aromatic carbocycles. The minimum Gasteiger partial charge on any atom is -0.449 e. The van der Waals surface area contributed by atoms with Crippen LogP contribution in [-0.2, 0) is 14.3 Å². The predicted molar refractivity (Wildman–Crippen MR) is 117 cm³/mol. The number of carbonyl (C=O) groups is 2. The van der Waals surface area contributed by atoms with Crippen LogP contribution in [0.2, 0.25) is 0 Å². The van der Waals surface area contributed by atoms with Crippen LogP contribution in [0.15, 0.2) is 48.5 Å². The van der Waals surface area contributed by atoms with E-state index in [1.165, 1.54) is 0 Å². The molecule has 0 saturated heterocycles. The molecule has 0 fully saturated rings. The largest absolute Gasteiger partial charge is 0.449 e. The first-order valence-corrected chi connectivity index (χ1v) is 10.1. The lowest BCUT2D eigenvalue weighted by molar-refractivity contribution is -0.125. The molecule has 1 N–H and O–H groups in total. The van der Waals surface area contributed by atoms with E-state index in [0.717, 1.165) is 22.3 Å². The van der Waals surface area contributed by atoms with Gasteiger partial charge in [0.25, 0.3) is 5.78 Å². The van der Waals surface area contributed by atoms with Crippen LogP contribution in [0, 0.1) is 0 Å². The molecule has 0 spiro atoms. The first kappa shape index (κ1) is 21.0. The summed E-state index contributed by atoms with van der Waals surface area (Å²) in [6, 6.07) is 14.9. The highest BCUT2D eigenvalue weighted by Crippen LogP contribution is 2.44. The minimum atomic E-state index is -1.13. The van der Waals surface area contributed by atoms with Gasteiger partial charge in [-0.15, -0.1) is 0 Å². The topological polar surface area (TPSA) is 101 Å². The van der Waals surface area contributed by atoms with Crippen LogP contribution >= 0.6 is 0 Å². The SMILES string of the molecule is [2H]CC(C)(C)O[C@@H](C)[C@@H](NC(=O)OCC1c2ccccc2-c2ccccc21)C(=O)C=[N+]=[N-]. The van der Waals surface area contributed by atoms with Gasteiger partial charge in [0.2, 0.25) is 0 Å². The number of amides is 1. The lowest BCUT2D eigenvalue weighted by atomic mass is 9.98. The number of benzene rings is 2. The summed E-state index contributed by atoms with van der Waals surface area (Å²) in [6.45, 7) is 5.10. The Hall–Kier alpha value is -3.28. The number of rotatable bonds is 7. The van der Waals surface area contributed by atoms with E-state index < -0.39 is 29.6 Å². The van der Waals surface area contributed by atoms with E-state index in [9.17, 15) is 9.59 Å². The summed E-state index contributed by atoms with van der Waals surface area (Å²) in [7, 11) is 0. The first-order chi connectivity index (χ1) is 15.3. The number of fused-ring (bicyclic) bond motifs is 3. The average Bonchev–Trinajstić information content (AvgIpc) is 3.09. The summed E-state index contributed by atoms with van der Waals surface area (Å²) in [5.74, 6) is -0.758. The fourth-order valence-corrected chi connectivity index (χ4v) is 3.90. The minimum absolute atomic E-state index is 0.0305. The summed E-state index contributed by atoms with van der Waals surface area (Å²) in [5.41, 5.74) is 12.3. The van der Waals surface area contributed by atoms with Crippen LogP contribution in [0.25, 0.3) is 16.7 Å². The number of hydrogen-bond acceptors (Lipinski definition) is 4. The van der Waals surface area contributed by atoms with E-state index in [4.69, 9.17) is 16.4 Å². The molecule has 0 bridgehead atoms. The highest BCUT2D eigenvalue weighted by Gasteiger charge is 2.33. The summed E-state index contributed by atoms with van der Waals surface area (Å²) >= 11 is 0. The van der Waals surface area contributed by atoms with Gasteiger partial charge in [-0.2, -0.15) is 4.79 Å². The molecule has 0 saturated carbocycles. The molecule has 1 aliphatic rings. The van der Waals surface area contributed by atoms with Crippen LogP contribution in [0.4, 0.5) is 4.79 Å². The Bertz CT molecular complexity index is 1000. The van der Waals surface area contributed by atoms with E-state index >= 15 is 0 Å². The Morgan fingerprint density at radius 3 is 2.32 bits per heavy atom. The van der Waals surface area contributed by atoms with Crippen molar-refractivity contribution in [3.63, 3.8) is 0 Å². The zero-order valence-electron chi connectivity index (χ0n) is 18.9. The summed E-state index contributed by atoms with van der Waals surface area (Å²) in [5, 5.41) is 2.52. The van der Waals surface area contributed by atoms with E-state index in [-0.39, 0.29) is 19.4 Å². The van der Waals surface area contributed by atoms with Crippen molar-refractivity contribution in [2.75, 3.05) is 6.61 Å². The lowest BCUT2D eigenvalue weighted by Crippen LogP contribution is -2.51. The number of hydrogen-bond donors (Lipinski definition) is 1. The van der Waals surface area contributed by atoms with Gasteiger partial charge in [0.1, 0.15) is 12.6 Å². The van der Waals surface area contributed by atoms with Gasteiger partial charge < -0.3 is 20.3 Å². The summed E-state index contributed by atoms with van der Waals surface area (Å²) < 4.78 is 18.8. The smallest absolute Gasteiger partial charge is 0.407 e. The van der Waals surface area contributed by atoms with Gasteiger partial charge in [0.15, 0.2) is 0 Å². The third-order valence-corrected chi connectivity index (χ3v) is 5.08. The van der Waals surface area contributed by atoms with Crippen molar-refractivity contribution in [1.29, 1.82) is 0 Å². The number of nitrogens with zero attached hydrogens (tertiary/aromatic N) is 2. The van der Waals surface area contributed by atoms with Gasteiger partial charge in [-0.1, -0.05) is 48.5 Å². The molecule has 0 unspecified atom stereocenters. The van der Waals surface area contributed by atoms with E-state index in [0.29, 0.717) is 6.21 Å². The van der Waals surface area contributed by atoms with Gasteiger partial charge in [0, 0.05) is 7.29 Å². The second kappa shape index (κ2) is 9.25. The molecule has 0 aliphatic heterocycles. The number of ketones is 1. The van der Waals surface area contributed by atoms with E-state index in [2.05, 4.69) is 10.1 Å². The van der Waals surface area contributed by atoms with Gasteiger partial charge in [-0.25, -0.2) is 4.79 Å². The average molecular weight is 423 g/mol. The molecule has 0 aromatic heterocycles. The third kappa shape index (κ3) is 5.26. The maximum atomic E-state index is 12.6. The Labute approximate surface area is 183 Å². The fourth-order valence-electron chi connectivity index (χ4n) is 3.90. The number of nitrogens with one attached hydrogen (secondary N) is 1. The quantitative estimate of drug-likeness (QED) is 0.414. The molecule has 7 nitrogen and oxygen atoms in total. The van der Waals surface area contributed by atoms with Crippen molar-refractivity contribution in [3.05, 3.63) is 65.2 Å². The standard InChI is InChI=1S/C24H27N3O4/c1-15(31-24(2,3)4)22(21(28)13-26-25)27-23(29)30-14-20-18-11-7-5-9-16(18)17-10-6-8-12-19(17)20/h5-13,15,20,22H,14H2,1-4H3,(H,27,29)/t15-,22+/m0/s1/i2D. The van der Waals surface area contributed by atoms with Crippen molar-refractivity contribution in [1.82, 2.24) is 5.32 Å². The molecule has 2 aromatic rings. The Morgan fingerprint density at radius 2 is 1.77 bits per heavy atom. The number of carbonyl (C=O) groups excluding carboxylic acids is 2. The van der Waals surface area contributed by atoms with Crippen LogP contribution in [0.3, 0.4) is 0 Å². The summed E-state index contributed by atoms with van der Waals surface area (Å²) in [6.07, 6.45) is -0.848. The fraction of sp³-hybridized carbons (Fsp3) is 0.375. The van der Waals surface area contributed by atoms with Crippen molar-refractivity contribution in [2.24, 2.45) is 0 Å². The van der Waals surface area contributed by atoms with E-state index in [1.807, 2.05) is 48.5 Å². The van der Waals surface area contributed by atoms with Crippen molar-refractivity contribution in [3.8, 4) is 11.1 Å². The van der Waals surface area contributed by atoms with Gasteiger partial charge in [0.05, 0.1) is 11.7 Å². The molecule has 2 atom stereocenters. The molecule has 7 heteroatoms. The molecule has 3 rings (SSSR count). The highest BCUT2D eigenvalue weighted by molar-refractivity contribution is 6.28. The maximum Gasteiger partial charge on any atom is 0.407 e. The lowest BCUT2D eigenvalue weighted by Gasteiger charge is -2.29. The molecule has 0 heterocycles. The second-order valence-electron chi connectivity index (χ2n) is 8.18. The molecular weight excluding hydrogens is 394 g/mol. The zero-order chi connectivity index (χ0) is 23.3. The number of Topliss-reactive ketones (excluding diaryl/α,β-unsaturated/α-hetero) is 1. The Balaban J connectivity index is 1.72. The van der Waals surface area contributed by atoms with Gasteiger partial charge in [-0.3, -0.25) is 4.79 Å². The van der Waals surface area contributed by atoms with Crippen LogP contribution < -0.4 is 5.32 Å². The Morgan fingerprint density at radius 1 is 1.19 bits per heavy atom. The van der Waals surface area contributed by atoms with E-state index in [1.54, 1.807) is 20.8 Å². The maximum absolute atomic E-state index is 12.6. The molecular formula is C24H27N3O4. The molecule has 1 amide bonds. The third-order valence-electron chi connectivity index (χ3n) is 5.08. The van der Waals surface area contributed by atoms with Crippen LogP contribution in [0.1, 0.15) is 46.1 Å². The number of alkyl carbamates (subject to hydrolysis) is 1. The Kier molecular flexibility index (Phi) is 6.26. The van der Waals surface area contributed by atoms with Crippen LogP contribution in [-0.4, -0.2) is 47.2 Å². The highest BCUT2D eigenvalue weighted by atomic mass is 16.6. The summed E-state index contributed by atoms with van der Waals surface area (Å²) in [4.78, 5) is 27.7. The molecule has 162 valence electrons. The van der Waals surface area contributed by atoms with Crippen LogP contribution in [0.5, 0.6) is 0 Å². The molecule has 0 radical (unpaired) electrons. The van der Waals surface area contributed by atoms with Gasteiger partial charge >= 0.3 is 12.3 Å². The predicted octanol–water partition coefficient (Wildman–Crippen LogP) is 3.97. The zero-order valence-corrected chi connectivity index (χ0v) is 17.9. The molecule has 1 aliphatic carbocycles. The monoisotopic (exact) mass is 422 g/mol. The van der Waals surface area contributed by atoms with Gasteiger partial charge in [-0.05, 0) is 49.9 Å². The van der Waals surface area contributed by atoms with Crippen molar-refractivity contribution in [2.45, 2.75) is 51.3 Å². The van der Waals surface area contributed by atoms with Crippen molar-refractivity contribution >= 4 is 18.1 Å².